The monoisotopic (exact) mass is 450 g/mol. The van der Waals surface area contributed by atoms with E-state index in [-0.39, 0.29) is 6.10 Å². The van der Waals surface area contributed by atoms with Gasteiger partial charge in [0, 0.05) is 49.9 Å². The van der Waals surface area contributed by atoms with Crippen LogP contribution < -0.4 is 5.73 Å². The minimum Gasteiger partial charge on any atom is -0.382 e. The highest BCUT2D eigenvalue weighted by molar-refractivity contribution is 6.30. The van der Waals surface area contributed by atoms with Gasteiger partial charge in [0.15, 0.2) is 0 Å². The molecular formula is C26H43ClN2O2. The number of nitrogens with zero attached hydrogens (tertiary/aromatic N) is 1. The Morgan fingerprint density at radius 3 is 2.71 bits per heavy atom. The zero-order chi connectivity index (χ0) is 21.9. The second-order valence-corrected chi connectivity index (χ2v) is 9.86. The lowest BCUT2D eigenvalue weighted by Gasteiger charge is -2.42. The summed E-state index contributed by atoms with van der Waals surface area (Å²) >= 11 is 6.34. The highest BCUT2D eigenvalue weighted by Gasteiger charge is 2.32. The first kappa shape index (κ1) is 25.0. The van der Waals surface area contributed by atoms with Crippen LogP contribution in [0.3, 0.4) is 0 Å². The van der Waals surface area contributed by atoms with Crippen molar-refractivity contribution < 1.29 is 9.47 Å². The molecule has 1 saturated heterocycles. The molecule has 1 aliphatic carbocycles. The number of likely N-dealkylation sites (tertiary alicyclic amines) is 1. The van der Waals surface area contributed by atoms with Gasteiger partial charge >= 0.3 is 0 Å². The fourth-order valence-corrected chi connectivity index (χ4v) is 5.72. The Morgan fingerprint density at radius 2 is 1.97 bits per heavy atom. The molecule has 0 bridgehead atoms. The van der Waals surface area contributed by atoms with Crippen molar-refractivity contribution in [2.24, 2.45) is 17.6 Å². The standard InChI is InChI=1S/C26H43ClN2O2/c1-2-30-15-8-16-31-26(22-11-6-13-24(27)18-22)23-12-7-14-29(20-23)25(19-28)17-21-9-4-3-5-10-21/h6,11,13,18,21,23,25-26H,2-5,7-10,12,14-17,19-20,28H2,1H3/t23-,25+,26+/m1/s1. The van der Waals surface area contributed by atoms with Gasteiger partial charge in [-0.05, 0) is 62.8 Å². The smallest absolute Gasteiger partial charge is 0.0865 e. The quantitative estimate of drug-likeness (QED) is 0.406. The maximum absolute atomic E-state index is 6.48. The summed E-state index contributed by atoms with van der Waals surface area (Å²) in [5.74, 6) is 1.33. The largest absolute Gasteiger partial charge is 0.382 e. The molecule has 0 amide bonds. The van der Waals surface area contributed by atoms with Crippen LogP contribution in [0.2, 0.25) is 5.02 Å². The first-order valence-electron chi connectivity index (χ1n) is 12.6. The van der Waals surface area contributed by atoms with E-state index in [1.54, 1.807) is 0 Å². The number of hydrogen-bond acceptors (Lipinski definition) is 4. The molecule has 0 radical (unpaired) electrons. The zero-order valence-electron chi connectivity index (χ0n) is 19.4. The average molecular weight is 451 g/mol. The van der Waals surface area contributed by atoms with Crippen molar-refractivity contribution >= 4 is 11.6 Å². The molecule has 1 heterocycles. The SMILES string of the molecule is CCOCCCO[C@@H](c1cccc(Cl)c1)[C@@H]1CCCN([C@H](CN)CC2CCCCC2)C1. The van der Waals surface area contributed by atoms with Crippen molar-refractivity contribution in [3.63, 3.8) is 0 Å². The van der Waals surface area contributed by atoms with Gasteiger partial charge in [0.05, 0.1) is 6.10 Å². The summed E-state index contributed by atoms with van der Waals surface area (Å²) in [5, 5.41) is 0.783. The van der Waals surface area contributed by atoms with Gasteiger partial charge in [-0.25, -0.2) is 0 Å². The molecule has 0 unspecified atom stereocenters. The summed E-state index contributed by atoms with van der Waals surface area (Å²) in [6.07, 6.45) is 11.7. The molecule has 2 aliphatic rings. The van der Waals surface area contributed by atoms with Crippen LogP contribution in [0.15, 0.2) is 24.3 Å². The molecule has 0 aromatic heterocycles. The molecule has 1 aromatic carbocycles. The summed E-state index contributed by atoms with van der Waals surface area (Å²) in [7, 11) is 0. The van der Waals surface area contributed by atoms with Crippen LogP contribution >= 0.6 is 11.6 Å². The molecule has 4 nitrogen and oxygen atoms in total. The number of benzene rings is 1. The Bertz CT molecular complexity index is 623. The molecule has 1 saturated carbocycles. The fourth-order valence-electron chi connectivity index (χ4n) is 5.52. The number of rotatable bonds is 12. The summed E-state index contributed by atoms with van der Waals surface area (Å²) in [5.41, 5.74) is 7.50. The summed E-state index contributed by atoms with van der Waals surface area (Å²) < 4.78 is 12.0. The molecule has 31 heavy (non-hydrogen) atoms. The van der Waals surface area contributed by atoms with Crippen LogP contribution in [-0.4, -0.2) is 50.4 Å². The average Bonchev–Trinajstić information content (AvgIpc) is 2.80. The molecule has 3 atom stereocenters. The summed E-state index contributed by atoms with van der Waals surface area (Å²) in [6, 6.07) is 8.74. The van der Waals surface area contributed by atoms with Gasteiger partial charge in [0.1, 0.15) is 0 Å². The third-order valence-corrected chi connectivity index (χ3v) is 7.38. The molecule has 1 aliphatic heterocycles. The van der Waals surface area contributed by atoms with Crippen LogP contribution in [0.25, 0.3) is 0 Å². The van der Waals surface area contributed by atoms with Gasteiger partial charge in [-0.1, -0.05) is 55.8 Å². The first-order valence-corrected chi connectivity index (χ1v) is 13.0. The van der Waals surface area contributed by atoms with E-state index >= 15 is 0 Å². The molecule has 1 aromatic rings. The Labute approximate surface area is 194 Å². The maximum Gasteiger partial charge on any atom is 0.0865 e. The van der Waals surface area contributed by atoms with Crippen molar-refractivity contribution in [2.45, 2.75) is 76.9 Å². The van der Waals surface area contributed by atoms with Crippen LogP contribution in [0, 0.1) is 11.8 Å². The number of ether oxygens (including phenoxy) is 2. The van der Waals surface area contributed by atoms with E-state index in [1.165, 1.54) is 56.9 Å². The van der Waals surface area contributed by atoms with Crippen molar-refractivity contribution in [1.29, 1.82) is 0 Å². The Morgan fingerprint density at radius 1 is 1.13 bits per heavy atom. The number of nitrogens with two attached hydrogens (primary N) is 1. The van der Waals surface area contributed by atoms with E-state index in [2.05, 4.69) is 17.0 Å². The van der Waals surface area contributed by atoms with E-state index in [0.717, 1.165) is 56.8 Å². The molecule has 3 rings (SSSR count). The molecule has 2 fully saturated rings. The maximum atomic E-state index is 6.48. The molecule has 0 spiro atoms. The third-order valence-electron chi connectivity index (χ3n) is 7.15. The zero-order valence-corrected chi connectivity index (χ0v) is 20.2. The van der Waals surface area contributed by atoms with E-state index in [1.807, 2.05) is 19.1 Å². The lowest BCUT2D eigenvalue weighted by molar-refractivity contribution is -0.0307. The molecule has 5 heteroatoms. The van der Waals surface area contributed by atoms with Gasteiger partial charge in [-0.15, -0.1) is 0 Å². The summed E-state index contributed by atoms with van der Waals surface area (Å²) in [6.45, 7) is 7.27. The van der Waals surface area contributed by atoms with Crippen molar-refractivity contribution in [1.82, 2.24) is 4.90 Å². The minimum atomic E-state index is 0.0798. The van der Waals surface area contributed by atoms with Crippen LogP contribution in [0.4, 0.5) is 0 Å². The van der Waals surface area contributed by atoms with E-state index < -0.39 is 0 Å². The fraction of sp³-hybridized carbons (Fsp3) is 0.769. The molecule has 176 valence electrons. The predicted octanol–water partition coefficient (Wildman–Crippen LogP) is 5.83. The van der Waals surface area contributed by atoms with E-state index in [4.69, 9.17) is 26.8 Å². The Kier molecular flexibility index (Phi) is 11.1. The number of halogens is 1. The van der Waals surface area contributed by atoms with Crippen LogP contribution in [0.1, 0.15) is 76.4 Å². The Hall–Kier alpha value is -0.650. The van der Waals surface area contributed by atoms with Crippen LogP contribution in [-0.2, 0) is 9.47 Å². The normalized spacial score (nSPS) is 23.0. The molecule has 2 N–H and O–H groups in total. The van der Waals surface area contributed by atoms with Crippen molar-refractivity contribution in [3.05, 3.63) is 34.9 Å². The lowest BCUT2D eigenvalue weighted by atomic mass is 9.83. The lowest BCUT2D eigenvalue weighted by Crippen LogP contribution is -2.48. The molecular weight excluding hydrogens is 408 g/mol. The Balaban J connectivity index is 1.64. The van der Waals surface area contributed by atoms with Gasteiger partial charge in [-0.2, -0.15) is 0 Å². The highest BCUT2D eigenvalue weighted by atomic mass is 35.5. The summed E-state index contributed by atoms with van der Waals surface area (Å²) in [4.78, 5) is 2.67. The van der Waals surface area contributed by atoms with Gasteiger partial charge in [0.2, 0.25) is 0 Å². The van der Waals surface area contributed by atoms with Crippen molar-refractivity contribution in [2.75, 3.05) is 39.5 Å². The predicted molar refractivity (Wildman–Crippen MR) is 130 cm³/mol. The van der Waals surface area contributed by atoms with E-state index in [9.17, 15) is 0 Å². The van der Waals surface area contributed by atoms with Gasteiger partial charge < -0.3 is 15.2 Å². The van der Waals surface area contributed by atoms with Crippen LogP contribution in [0.5, 0.6) is 0 Å². The van der Waals surface area contributed by atoms with Gasteiger partial charge in [0.25, 0.3) is 0 Å². The highest BCUT2D eigenvalue weighted by Crippen LogP contribution is 2.36. The third kappa shape index (κ3) is 8.01. The van der Waals surface area contributed by atoms with E-state index in [0.29, 0.717) is 12.0 Å². The second-order valence-electron chi connectivity index (χ2n) is 9.42. The van der Waals surface area contributed by atoms with Crippen molar-refractivity contribution in [3.8, 4) is 0 Å². The minimum absolute atomic E-state index is 0.0798. The second kappa shape index (κ2) is 13.8. The topological polar surface area (TPSA) is 47.7 Å². The van der Waals surface area contributed by atoms with Gasteiger partial charge in [-0.3, -0.25) is 4.90 Å². The first-order chi connectivity index (χ1) is 15.2. The number of hydrogen-bond donors (Lipinski definition) is 1. The number of piperidine rings is 1.